The van der Waals surface area contributed by atoms with Crippen molar-refractivity contribution < 1.29 is 14.3 Å². The summed E-state index contributed by atoms with van der Waals surface area (Å²) in [7, 11) is 0. The Hall–Kier alpha value is -2.82. The predicted molar refractivity (Wildman–Crippen MR) is 94.3 cm³/mol. The molecule has 0 aliphatic heterocycles. The molecule has 5 heteroatoms. The molecule has 0 spiro atoms. The number of carbonyl (C=O) groups excluding carboxylic acids is 2. The first-order valence-electron chi connectivity index (χ1n) is 7.85. The molecule has 0 fully saturated rings. The summed E-state index contributed by atoms with van der Waals surface area (Å²) >= 11 is 0. The number of para-hydroxylation sites is 1. The number of hydrogen-bond donors (Lipinski definition) is 2. The molecule has 0 aliphatic carbocycles. The average molecular weight is 326 g/mol. The van der Waals surface area contributed by atoms with E-state index in [9.17, 15) is 9.59 Å². The van der Waals surface area contributed by atoms with E-state index in [4.69, 9.17) is 4.74 Å². The summed E-state index contributed by atoms with van der Waals surface area (Å²) in [6.45, 7) is 5.63. The summed E-state index contributed by atoms with van der Waals surface area (Å²) in [6, 6.07) is 14.4. The van der Waals surface area contributed by atoms with Crippen LogP contribution in [0.3, 0.4) is 0 Å². The number of ether oxygens (including phenoxy) is 1. The van der Waals surface area contributed by atoms with Gasteiger partial charge >= 0.3 is 0 Å². The van der Waals surface area contributed by atoms with Gasteiger partial charge in [0, 0.05) is 6.04 Å². The molecule has 0 aliphatic rings. The smallest absolute Gasteiger partial charge is 0.262 e. The molecule has 126 valence electrons. The van der Waals surface area contributed by atoms with E-state index in [0.29, 0.717) is 17.0 Å². The summed E-state index contributed by atoms with van der Waals surface area (Å²) in [6.07, 6.45) is 0. The highest BCUT2D eigenvalue weighted by molar-refractivity contribution is 6.04. The van der Waals surface area contributed by atoms with Gasteiger partial charge in [-0.3, -0.25) is 9.59 Å². The van der Waals surface area contributed by atoms with Crippen LogP contribution >= 0.6 is 0 Å². The fraction of sp³-hybridized carbons (Fsp3) is 0.263. The number of hydrogen-bond acceptors (Lipinski definition) is 3. The molecule has 0 saturated heterocycles. The average Bonchev–Trinajstić information content (AvgIpc) is 2.54. The molecule has 0 unspecified atom stereocenters. The minimum absolute atomic E-state index is 0.0196. The van der Waals surface area contributed by atoms with Crippen LogP contribution in [0.2, 0.25) is 0 Å². The molecular formula is C19H22N2O3. The minimum atomic E-state index is -0.319. The molecule has 0 bridgehead atoms. The third-order valence-corrected chi connectivity index (χ3v) is 3.26. The number of amides is 2. The summed E-state index contributed by atoms with van der Waals surface area (Å²) in [4.78, 5) is 24.3. The van der Waals surface area contributed by atoms with Gasteiger partial charge in [0.15, 0.2) is 6.61 Å². The van der Waals surface area contributed by atoms with Crippen molar-refractivity contribution in [1.82, 2.24) is 5.32 Å². The van der Waals surface area contributed by atoms with Gasteiger partial charge in [-0.1, -0.05) is 29.8 Å². The van der Waals surface area contributed by atoms with E-state index >= 15 is 0 Å². The number of benzene rings is 2. The Balaban J connectivity index is 1.98. The minimum Gasteiger partial charge on any atom is -0.484 e. The summed E-state index contributed by atoms with van der Waals surface area (Å²) in [5.41, 5.74) is 2.01. The fourth-order valence-corrected chi connectivity index (χ4v) is 2.10. The lowest BCUT2D eigenvalue weighted by molar-refractivity contribution is -0.118. The number of rotatable bonds is 6. The maximum atomic E-state index is 12.2. The topological polar surface area (TPSA) is 67.4 Å². The lowest BCUT2D eigenvalue weighted by Gasteiger charge is -2.13. The zero-order valence-corrected chi connectivity index (χ0v) is 14.1. The Morgan fingerprint density at radius 1 is 1.04 bits per heavy atom. The van der Waals surface area contributed by atoms with Crippen molar-refractivity contribution in [2.24, 2.45) is 0 Å². The lowest BCUT2D eigenvalue weighted by Crippen LogP contribution is -2.31. The molecule has 2 amide bonds. The van der Waals surface area contributed by atoms with Crippen LogP contribution in [0, 0.1) is 6.92 Å². The van der Waals surface area contributed by atoms with Gasteiger partial charge in [-0.25, -0.2) is 0 Å². The quantitative estimate of drug-likeness (QED) is 0.857. The summed E-state index contributed by atoms with van der Waals surface area (Å²) in [5.74, 6) is 0.0855. The van der Waals surface area contributed by atoms with E-state index in [1.807, 2.05) is 45.0 Å². The lowest BCUT2D eigenvalue weighted by atomic mass is 10.1. The molecule has 5 nitrogen and oxygen atoms in total. The summed E-state index contributed by atoms with van der Waals surface area (Å²) in [5, 5.41) is 5.54. The van der Waals surface area contributed by atoms with Crippen molar-refractivity contribution in [3.8, 4) is 5.75 Å². The van der Waals surface area contributed by atoms with Crippen LogP contribution in [0.4, 0.5) is 5.69 Å². The molecule has 2 rings (SSSR count). The van der Waals surface area contributed by atoms with Crippen molar-refractivity contribution in [3.05, 3.63) is 59.7 Å². The second-order valence-electron chi connectivity index (χ2n) is 5.82. The highest BCUT2D eigenvalue weighted by atomic mass is 16.5. The largest absolute Gasteiger partial charge is 0.484 e. The van der Waals surface area contributed by atoms with Crippen molar-refractivity contribution in [1.29, 1.82) is 0 Å². The van der Waals surface area contributed by atoms with Crippen molar-refractivity contribution >= 4 is 17.5 Å². The van der Waals surface area contributed by atoms with Gasteiger partial charge in [-0.2, -0.15) is 0 Å². The molecule has 24 heavy (non-hydrogen) atoms. The predicted octanol–water partition coefficient (Wildman–Crippen LogP) is 3.15. The number of carbonyl (C=O) groups is 2. The molecule has 0 saturated carbocycles. The molecule has 0 atom stereocenters. The highest BCUT2D eigenvalue weighted by Gasteiger charge is 2.14. The second-order valence-corrected chi connectivity index (χ2v) is 5.82. The normalized spacial score (nSPS) is 10.3. The van der Waals surface area contributed by atoms with Crippen LogP contribution in [0.5, 0.6) is 5.75 Å². The molecule has 2 aromatic rings. The highest BCUT2D eigenvalue weighted by Crippen LogP contribution is 2.16. The van der Waals surface area contributed by atoms with E-state index in [1.165, 1.54) is 0 Å². The fourth-order valence-electron chi connectivity index (χ4n) is 2.10. The van der Waals surface area contributed by atoms with Crippen LogP contribution in [-0.4, -0.2) is 24.5 Å². The maximum absolute atomic E-state index is 12.2. The first kappa shape index (κ1) is 17.5. The second kappa shape index (κ2) is 8.15. The van der Waals surface area contributed by atoms with E-state index in [-0.39, 0.29) is 24.5 Å². The van der Waals surface area contributed by atoms with Crippen LogP contribution in [-0.2, 0) is 4.79 Å². The van der Waals surface area contributed by atoms with Crippen molar-refractivity contribution in [3.63, 3.8) is 0 Å². The third-order valence-electron chi connectivity index (χ3n) is 3.26. The zero-order valence-electron chi connectivity index (χ0n) is 14.1. The van der Waals surface area contributed by atoms with Gasteiger partial charge in [-0.15, -0.1) is 0 Å². The Bertz CT molecular complexity index is 709. The SMILES string of the molecule is Cc1ccc(OCC(=O)Nc2ccccc2C(=O)NC(C)C)cc1. The number of nitrogens with one attached hydrogen (secondary N) is 2. The van der Waals surface area contributed by atoms with Crippen LogP contribution in [0.15, 0.2) is 48.5 Å². The van der Waals surface area contributed by atoms with Crippen molar-refractivity contribution in [2.75, 3.05) is 11.9 Å². The van der Waals surface area contributed by atoms with Crippen LogP contribution in [0.25, 0.3) is 0 Å². The maximum Gasteiger partial charge on any atom is 0.262 e. The van der Waals surface area contributed by atoms with Gasteiger partial charge in [0.1, 0.15) is 5.75 Å². The van der Waals surface area contributed by atoms with Crippen LogP contribution < -0.4 is 15.4 Å². The number of anilines is 1. The van der Waals surface area contributed by atoms with Crippen LogP contribution in [0.1, 0.15) is 29.8 Å². The first-order chi connectivity index (χ1) is 11.5. The Kier molecular flexibility index (Phi) is 5.95. The molecule has 0 heterocycles. The molecular weight excluding hydrogens is 304 g/mol. The van der Waals surface area contributed by atoms with Gasteiger partial charge in [0.25, 0.3) is 11.8 Å². The van der Waals surface area contributed by atoms with Gasteiger partial charge in [-0.05, 0) is 45.0 Å². The Labute approximate surface area is 142 Å². The number of aryl methyl sites for hydroxylation is 1. The van der Waals surface area contributed by atoms with E-state index < -0.39 is 0 Å². The molecule has 2 N–H and O–H groups in total. The Morgan fingerprint density at radius 2 is 1.71 bits per heavy atom. The van der Waals surface area contributed by atoms with E-state index in [1.54, 1.807) is 24.3 Å². The first-order valence-corrected chi connectivity index (χ1v) is 7.85. The van der Waals surface area contributed by atoms with E-state index in [0.717, 1.165) is 5.56 Å². The van der Waals surface area contributed by atoms with Gasteiger partial charge in [0.2, 0.25) is 0 Å². The van der Waals surface area contributed by atoms with Gasteiger partial charge < -0.3 is 15.4 Å². The Morgan fingerprint density at radius 3 is 2.38 bits per heavy atom. The van der Waals surface area contributed by atoms with Crippen molar-refractivity contribution in [2.45, 2.75) is 26.8 Å². The van der Waals surface area contributed by atoms with Gasteiger partial charge in [0.05, 0.1) is 11.3 Å². The van der Waals surface area contributed by atoms with E-state index in [2.05, 4.69) is 10.6 Å². The standard InChI is InChI=1S/C19H22N2O3/c1-13(2)20-19(23)16-6-4-5-7-17(16)21-18(22)12-24-15-10-8-14(3)9-11-15/h4-11,13H,12H2,1-3H3,(H,20,23)(H,21,22). The third kappa shape index (κ3) is 5.12. The molecule has 0 radical (unpaired) electrons. The monoisotopic (exact) mass is 326 g/mol. The zero-order chi connectivity index (χ0) is 17.5. The molecule has 2 aromatic carbocycles. The summed E-state index contributed by atoms with van der Waals surface area (Å²) < 4.78 is 5.45. The molecule has 0 aromatic heterocycles.